The molecule has 4 rings (SSSR count). The lowest BCUT2D eigenvalue weighted by atomic mass is 9.87. The van der Waals surface area contributed by atoms with Crippen molar-refractivity contribution in [3.63, 3.8) is 0 Å². The summed E-state index contributed by atoms with van der Waals surface area (Å²) in [4.78, 5) is 4.61. The number of aromatic nitrogens is 1. The van der Waals surface area contributed by atoms with E-state index in [9.17, 15) is 0 Å². The van der Waals surface area contributed by atoms with E-state index >= 15 is 0 Å². The molecule has 0 saturated carbocycles. The maximum Gasteiger partial charge on any atom is 0.0705 e. The Morgan fingerprint density at radius 1 is 0.536 bits per heavy atom. The van der Waals surface area contributed by atoms with Crippen LogP contribution in [-0.4, -0.2) is 4.98 Å². The minimum atomic E-state index is 0.114. The van der Waals surface area contributed by atoms with E-state index in [-0.39, 0.29) is 5.41 Å². The summed E-state index contributed by atoms with van der Waals surface area (Å²) in [5.41, 5.74) is 8.49. The van der Waals surface area contributed by atoms with Crippen LogP contribution in [0.2, 0.25) is 0 Å². The molecule has 3 aromatic carbocycles. The number of hydrogen-bond acceptors (Lipinski definition) is 1. The molecule has 0 amide bonds. The van der Waals surface area contributed by atoms with Gasteiger partial charge in [-0.3, -0.25) is 4.98 Å². The molecule has 0 aliphatic rings. The Morgan fingerprint density at radius 3 is 1.79 bits per heavy atom. The third-order valence-electron chi connectivity index (χ3n) is 5.11. The number of pyridine rings is 1. The lowest BCUT2D eigenvalue weighted by molar-refractivity contribution is 0.589. The van der Waals surface area contributed by atoms with Gasteiger partial charge in [-0.2, -0.15) is 0 Å². The third-order valence-corrected chi connectivity index (χ3v) is 5.11. The molecule has 28 heavy (non-hydrogen) atoms. The Bertz CT molecular complexity index is 1070. The molecule has 1 heteroatoms. The van der Waals surface area contributed by atoms with Crippen molar-refractivity contribution in [3.05, 3.63) is 103 Å². The fraction of sp³-hybridized carbons (Fsp3) is 0.148. The van der Waals surface area contributed by atoms with E-state index in [4.69, 9.17) is 0 Å². The van der Waals surface area contributed by atoms with E-state index in [2.05, 4.69) is 111 Å². The van der Waals surface area contributed by atoms with Gasteiger partial charge in [0.05, 0.1) is 5.69 Å². The van der Waals surface area contributed by atoms with Crippen LogP contribution in [0, 0.1) is 0 Å². The molecule has 1 heterocycles. The van der Waals surface area contributed by atoms with Crippen molar-refractivity contribution < 1.29 is 0 Å². The van der Waals surface area contributed by atoms with E-state index in [1.165, 1.54) is 27.8 Å². The lowest BCUT2D eigenvalue weighted by Crippen LogP contribution is -2.11. The van der Waals surface area contributed by atoms with Crippen LogP contribution in [0.25, 0.3) is 33.5 Å². The summed E-state index contributed by atoms with van der Waals surface area (Å²) >= 11 is 0. The van der Waals surface area contributed by atoms with Gasteiger partial charge in [0.2, 0.25) is 0 Å². The maximum absolute atomic E-state index is 4.61. The minimum absolute atomic E-state index is 0.114. The zero-order chi connectivity index (χ0) is 19.6. The summed E-state index contributed by atoms with van der Waals surface area (Å²) in [6.45, 7) is 6.70. The Hall–Kier alpha value is -3.19. The Labute approximate surface area is 167 Å². The number of hydrogen-bond donors (Lipinski definition) is 0. The molecule has 4 aromatic rings. The second-order valence-corrected chi connectivity index (χ2v) is 8.20. The summed E-state index contributed by atoms with van der Waals surface area (Å²) in [6.07, 6.45) is 1.91. The summed E-state index contributed by atoms with van der Waals surface area (Å²) in [5, 5.41) is 0. The van der Waals surface area contributed by atoms with E-state index in [0.29, 0.717) is 0 Å². The van der Waals surface area contributed by atoms with Crippen molar-refractivity contribution in [2.75, 3.05) is 0 Å². The van der Waals surface area contributed by atoms with Crippen LogP contribution in [0.3, 0.4) is 0 Å². The number of nitrogens with zero attached hydrogens (tertiary/aromatic N) is 1. The molecule has 0 aliphatic carbocycles. The van der Waals surface area contributed by atoms with E-state index in [1.807, 2.05) is 12.3 Å². The molecular formula is C27H25N. The highest BCUT2D eigenvalue weighted by molar-refractivity contribution is 5.74. The lowest BCUT2D eigenvalue weighted by Gasteiger charge is -2.19. The maximum atomic E-state index is 4.61. The average molecular weight is 364 g/mol. The van der Waals surface area contributed by atoms with Gasteiger partial charge >= 0.3 is 0 Å². The largest absolute Gasteiger partial charge is 0.256 e. The van der Waals surface area contributed by atoms with Crippen LogP contribution in [0.5, 0.6) is 0 Å². The van der Waals surface area contributed by atoms with E-state index < -0.39 is 0 Å². The topological polar surface area (TPSA) is 12.9 Å². The molecule has 0 fully saturated rings. The molecule has 0 atom stereocenters. The van der Waals surface area contributed by atoms with Crippen molar-refractivity contribution in [3.8, 4) is 33.5 Å². The van der Waals surface area contributed by atoms with Crippen LogP contribution < -0.4 is 0 Å². The third kappa shape index (κ3) is 3.89. The quantitative estimate of drug-likeness (QED) is 0.370. The molecule has 0 N–H and O–H groups in total. The zero-order valence-corrected chi connectivity index (χ0v) is 16.7. The van der Waals surface area contributed by atoms with Gasteiger partial charge in [-0.25, -0.2) is 0 Å². The van der Waals surface area contributed by atoms with Gasteiger partial charge < -0.3 is 0 Å². The molecule has 0 spiro atoms. The first-order valence-electron chi connectivity index (χ1n) is 9.73. The molecule has 0 aliphatic heterocycles. The molecule has 0 unspecified atom stereocenters. The monoisotopic (exact) mass is 363 g/mol. The first-order chi connectivity index (χ1) is 13.5. The van der Waals surface area contributed by atoms with Gasteiger partial charge in [0.1, 0.15) is 0 Å². The number of benzene rings is 3. The summed E-state index contributed by atoms with van der Waals surface area (Å²) in [5.74, 6) is 0. The number of rotatable bonds is 3. The van der Waals surface area contributed by atoms with Crippen molar-refractivity contribution in [2.24, 2.45) is 0 Å². The molecule has 0 saturated heterocycles. The summed E-state index contributed by atoms with van der Waals surface area (Å²) in [7, 11) is 0. The molecular weight excluding hydrogens is 338 g/mol. The van der Waals surface area contributed by atoms with Gasteiger partial charge in [0, 0.05) is 11.8 Å². The second kappa shape index (κ2) is 7.44. The van der Waals surface area contributed by atoms with Gasteiger partial charge in [-0.1, -0.05) is 93.6 Å². The van der Waals surface area contributed by atoms with E-state index in [0.717, 1.165) is 11.3 Å². The SMILES string of the molecule is CC(C)(C)c1ccnc(-c2cccc(-c3ccc(-c4ccccc4)cc3)c2)c1. The van der Waals surface area contributed by atoms with Crippen LogP contribution >= 0.6 is 0 Å². The van der Waals surface area contributed by atoms with Gasteiger partial charge in [0.15, 0.2) is 0 Å². The van der Waals surface area contributed by atoms with Gasteiger partial charge in [-0.15, -0.1) is 0 Å². The van der Waals surface area contributed by atoms with Crippen molar-refractivity contribution in [2.45, 2.75) is 26.2 Å². The normalized spacial score (nSPS) is 11.4. The highest BCUT2D eigenvalue weighted by atomic mass is 14.7. The average Bonchev–Trinajstić information content (AvgIpc) is 2.74. The Kier molecular flexibility index (Phi) is 4.83. The van der Waals surface area contributed by atoms with Crippen molar-refractivity contribution in [1.82, 2.24) is 4.98 Å². The fourth-order valence-corrected chi connectivity index (χ4v) is 3.40. The van der Waals surface area contributed by atoms with Crippen LogP contribution in [0.15, 0.2) is 97.2 Å². The molecule has 0 bridgehead atoms. The minimum Gasteiger partial charge on any atom is -0.256 e. The first-order valence-corrected chi connectivity index (χ1v) is 9.73. The predicted molar refractivity (Wildman–Crippen MR) is 119 cm³/mol. The van der Waals surface area contributed by atoms with Crippen LogP contribution in [-0.2, 0) is 5.41 Å². The van der Waals surface area contributed by atoms with Crippen molar-refractivity contribution in [1.29, 1.82) is 0 Å². The highest BCUT2D eigenvalue weighted by Gasteiger charge is 2.14. The standard InChI is InChI=1S/C27H25N/c1-27(2,3)25-16-17-28-26(19-25)24-11-7-10-23(18-24)22-14-12-21(13-15-22)20-8-5-4-6-9-20/h4-19H,1-3H3. The molecule has 1 aromatic heterocycles. The fourth-order valence-electron chi connectivity index (χ4n) is 3.40. The first kappa shape index (κ1) is 18.2. The molecule has 0 radical (unpaired) electrons. The predicted octanol–water partition coefficient (Wildman–Crippen LogP) is 7.38. The molecule has 1 nitrogen and oxygen atoms in total. The van der Waals surface area contributed by atoms with Gasteiger partial charge in [-0.05, 0) is 51.4 Å². The van der Waals surface area contributed by atoms with E-state index in [1.54, 1.807) is 0 Å². The Morgan fingerprint density at radius 2 is 1.11 bits per heavy atom. The van der Waals surface area contributed by atoms with Crippen LogP contribution in [0.1, 0.15) is 26.3 Å². The zero-order valence-electron chi connectivity index (χ0n) is 16.7. The summed E-state index contributed by atoms with van der Waals surface area (Å²) < 4.78 is 0. The smallest absolute Gasteiger partial charge is 0.0705 e. The second-order valence-electron chi connectivity index (χ2n) is 8.20. The highest BCUT2D eigenvalue weighted by Crippen LogP contribution is 2.30. The summed E-state index contributed by atoms with van der Waals surface area (Å²) in [6, 6.07) is 32.2. The molecule has 138 valence electrons. The Balaban J connectivity index is 1.66. The van der Waals surface area contributed by atoms with Gasteiger partial charge in [0.25, 0.3) is 0 Å². The van der Waals surface area contributed by atoms with Crippen molar-refractivity contribution >= 4 is 0 Å². The van der Waals surface area contributed by atoms with Crippen LogP contribution in [0.4, 0.5) is 0 Å².